The molecule has 0 spiro atoms. The SMILES string of the molecule is COc1cnc(-c2ccc(NC(=O)NCCN3CCOCC3)cc2)nc1NCCO. The lowest BCUT2D eigenvalue weighted by Gasteiger charge is -2.26. The number of carbonyl (C=O) groups is 1. The first-order valence-corrected chi connectivity index (χ1v) is 9.90. The van der Waals surface area contributed by atoms with Crippen molar-refractivity contribution >= 4 is 17.5 Å². The molecule has 1 aromatic heterocycles. The number of hydrogen-bond donors (Lipinski definition) is 4. The predicted molar refractivity (Wildman–Crippen MR) is 114 cm³/mol. The average molecular weight is 416 g/mol. The van der Waals surface area contributed by atoms with Gasteiger partial charge in [-0.05, 0) is 24.3 Å². The van der Waals surface area contributed by atoms with E-state index in [1.165, 1.54) is 7.11 Å². The van der Waals surface area contributed by atoms with Crippen molar-refractivity contribution in [2.45, 2.75) is 0 Å². The molecule has 2 heterocycles. The van der Waals surface area contributed by atoms with Crippen molar-refractivity contribution in [1.82, 2.24) is 20.2 Å². The number of nitrogens with one attached hydrogen (secondary N) is 3. The molecule has 1 fully saturated rings. The van der Waals surface area contributed by atoms with Gasteiger partial charge in [0.1, 0.15) is 0 Å². The summed E-state index contributed by atoms with van der Waals surface area (Å²) in [5.41, 5.74) is 1.47. The number of methoxy groups -OCH3 is 1. The van der Waals surface area contributed by atoms with Crippen LogP contribution in [0.2, 0.25) is 0 Å². The Morgan fingerprint density at radius 1 is 1.23 bits per heavy atom. The molecule has 2 amide bonds. The maximum absolute atomic E-state index is 12.1. The Morgan fingerprint density at radius 2 is 2.00 bits per heavy atom. The molecule has 0 saturated carbocycles. The van der Waals surface area contributed by atoms with Gasteiger partial charge in [-0.25, -0.2) is 14.8 Å². The number of morpholine rings is 1. The number of carbonyl (C=O) groups excluding carboxylic acids is 1. The minimum Gasteiger partial charge on any atom is -0.491 e. The van der Waals surface area contributed by atoms with Crippen LogP contribution in [0.1, 0.15) is 0 Å². The molecule has 0 atom stereocenters. The van der Waals surface area contributed by atoms with Crippen LogP contribution in [0.5, 0.6) is 5.75 Å². The third kappa shape index (κ3) is 6.28. The smallest absolute Gasteiger partial charge is 0.319 e. The van der Waals surface area contributed by atoms with Gasteiger partial charge in [-0.15, -0.1) is 0 Å². The fraction of sp³-hybridized carbons (Fsp3) is 0.450. The molecule has 3 rings (SSSR count). The second-order valence-corrected chi connectivity index (χ2v) is 6.67. The number of ether oxygens (including phenoxy) is 2. The zero-order valence-corrected chi connectivity index (χ0v) is 17.1. The molecule has 4 N–H and O–H groups in total. The Bertz CT molecular complexity index is 811. The third-order valence-corrected chi connectivity index (χ3v) is 4.60. The fourth-order valence-corrected chi connectivity index (χ4v) is 2.99. The Balaban J connectivity index is 1.53. The molecule has 0 bridgehead atoms. The molecular formula is C20H28N6O4. The lowest BCUT2D eigenvalue weighted by molar-refractivity contribution is 0.0388. The summed E-state index contributed by atoms with van der Waals surface area (Å²) in [6, 6.07) is 7.02. The van der Waals surface area contributed by atoms with Gasteiger partial charge >= 0.3 is 6.03 Å². The number of anilines is 2. The first-order chi connectivity index (χ1) is 14.7. The first kappa shape index (κ1) is 21.8. The van der Waals surface area contributed by atoms with Crippen molar-refractivity contribution in [3.63, 3.8) is 0 Å². The van der Waals surface area contributed by atoms with Gasteiger partial charge in [0, 0.05) is 44.0 Å². The van der Waals surface area contributed by atoms with Gasteiger partial charge in [0.2, 0.25) is 0 Å². The highest BCUT2D eigenvalue weighted by atomic mass is 16.5. The van der Waals surface area contributed by atoms with Gasteiger partial charge in [-0.1, -0.05) is 0 Å². The van der Waals surface area contributed by atoms with E-state index in [0.29, 0.717) is 36.2 Å². The maximum Gasteiger partial charge on any atom is 0.319 e. The summed E-state index contributed by atoms with van der Waals surface area (Å²) in [5, 5.41) is 17.7. The average Bonchev–Trinajstić information content (AvgIpc) is 2.78. The largest absolute Gasteiger partial charge is 0.491 e. The molecule has 0 aliphatic carbocycles. The number of rotatable bonds is 9. The van der Waals surface area contributed by atoms with Crippen LogP contribution in [0, 0.1) is 0 Å². The third-order valence-electron chi connectivity index (χ3n) is 4.60. The molecule has 1 saturated heterocycles. The lowest BCUT2D eigenvalue weighted by atomic mass is 10.2. The van der Waals surface area contributed by atoms with Gasteiger partial charge in [-0.3, -0.25) is 4.90 Å². The number of hydrogen-bond acceptors (Lipinski definition) is 8. The quantitative estimate of drug-likeness (QED) is 0.478. The molecule has 2 aromatic rings. The minimum atomic E-state index is -0.243. The van der Waals surface area contributed by atoms with Crippen molar-refractivity contribution in [1.29, 1.82) is 0 Å². The Labute approximate surface area is 175 Å². The number of urea groups is 1. The van der Waals surface area contributed by atoms with Gasteiger partial charge in [0.05, 0.1) is 33.1 Å². The van der Waals surface area contributed by atoms with Gasteiger partial charge in [0.25, 0.3) is 0 Å². The van der Waals surface area contributed by atoms with Gasteiger partial charge < -0.3 is 30.5 Å². The topological polar surface area (TPSA) is 121 Å². The lowest BCUT2D eigenvalue weighted by Crippen LogP contribution is -2.42. The van der Waals surface area contributed by atoms with E-state index in [1.807, 2.05) is 12.1 Å². The monoisotopic (exact) mass is 416 g/mol. The molecule has 0 unspecified atom stereocenters. The maximum atomic E-state index is 12.1. The highest BCUT2D eigenvalue weighted by Gasteiger charge is 2.11. The summed E-state index contributed by atoms with van der Waals surface area (Å²) in [7, 11) is 1.54. The van der Waals surface area contributed by atoms with Crippen LogP contribution in [-0.2, 0) is 4.74 Å². The number of nitrogens with zero attached hydrogens (tertiary/aromatic N) is 3. The number of aliphatic hydroxyl groups excluding tert-OH is 1. The minimum absolute atomic E-state index is 0.0165. The van der Waals surface area contributed by atoms with Gasteiger partial charge in [-0.2, -0.15) is 0 Å². The van der Waals surface area contributed by atoms with E-state index in [0.717, 1.165) is 38.4 Å². The van der Waals surface area contributed by atoms with Crippen LogP contribution in [0.4, 0.5) is 16.3 Å². The second kappa shape index (κ2) is 11.3. The summed E-state index contributed by atoms with van der Waals surface area (Å²) in [5.74, 6) is 1.52. The summed E-state index contributed by atoms with van der Waals surface area (Å²) >= 11 is 0. The predicted octanol–water partition coefficient (Wildman–Crippen LogP) is 1.01. The van der Waals surface area contributed by atoms with Crippen molar-refractivity contribution in [2.24, 2.45) is 0 Å². The Morgan fingerprint density at radius 3 is 2.70 bits per heavy atom. The van der Waals surface area contributed by atoms with Crippen LogP contribution in [0.3, 0.4) is 0 Å². The Kier molecular flexibility index (Phi) is 8.19. The van der Waals surface area contributed by atoms with Crippen molar-refractivity contribution < 1.29 is 19.4 Å². The molecule has 10 heteroatoms. The van der Waals surface area contributed by atoms with Crippen LogP contribution >= 0.6 is 0 Å². The van der Waals surface area contributed by atoms with E-state index < -0.39 is 0 Å². The van der Waals surface area contributed by atoms with Crippen LogP contribution in [0.15, 0.2) is 30.5 Å². The number of benzene rings is 1. The van der Waals surface area contributed by atoms with Gasteiger partial charge in [0.15, 0.2) is 17.4 Å². The number of amides is 2. The second-order valence-electron chi connectivity index (χ2n) is 6.67. The normalized spacial score (nSPS) is 14.2. The van der Waals surface area contributed by atoms with Crippen LogP contribution < -0.4 is 20.7 Å². The zero-order valence-electron chi connectivity index (χ0n) is 17.1. The molecule has 1 aliphatic heterocycles. The Hall–Kier alpha value is -2.95. The fourth-order valence-electron chi connectivity index (χ4n) is 2.99. The first-order valence-electron chi connectivity index (χ1n) is 9.90. The molecule has 1 aromatic carbocycles. The zero-order chi connectivity index (χ0) is 21.2. The van der Waals surface area contributed by atoms with E-state index in [4.69, 9.17) is 14.6 Å². The van der Waals surface area contributed by atoms with Crippen LogP contribution in [-0.4, -0.2) is 85.7 Å². The van der Waals surface area contributed by atoms with Crippen molar-refractivity contribution in [3.05, 3.63) is 30.5 Å². The summed E-state index contributed by atoms with van der Waals surface area (Å²) in [6.45, 7) is 5.01. The van der Waals surface area contributed by atoms with Crippen molar-refractivity contribution in [3.8, 4) is 17.1 Å². The highest BCUT2D eigenvalue weighted by molar-refractivity contribution is 5.89. The number of aromatic nitrogens is 2. The van der Waals surface area contributed by atoms with Crippen LogP contribution in [0.25, 0.3) is 11.4 Å². The summed E-state index contributed by atoms with van der Waals surface area (Å²) in [4.78, 5) is 23.1. The molecule has 162 valence electrons. The molecule has 10 nitrogen and oxygen atoms in total. The van der Waals surface area contributed by atoms with E-state index in [1.54, 1.807) is 18.3 Å². The van der Waals surface area contributed by atoms with E-state index >= 15 is 0 Å². The molecule has 1 aliphatic rings. The van der Waals surface area contributed by atoms with E-state index in [9.17, 15) is 4.79 Å². The standard InChI is InChI=1S/C20H28N6O4/c1-29-17-14-23-18(25-19(17)21-7-11-27)15-2-4-16(5-3-15)24-20(28)22-6-8-26-9-12-30-13-10-26/h2-5,14,27H,6-13H2,1H3,(H,21,23,25)(H2,22,24,28). The summed E-state index contributed by atoms with van der Waals surface area (Å²) < 4.78 is 10.5. The van der Waals surface area contributed by atoms with E-state index in [-0.39, 0.29) is 12.6 Å². The molecule has 30 heavy (non-hydrogen) atoms. The van der Waals surface area contributed by atoms with Crippen molar-refractivity contribution in [2.75, 3.05) is 70.3 Å². The highest BCUT2D eigenvalue weighted by Crippen LogP contribution is 2.25. The summed E-state index contributed by atoms with van der Waals surface area (Å²) in [6.07, 6.45) is 1.58. The van der Waals surface area contributed by atoms with E-state index in [2.05, 4.69) is 30.8 Å². The molecular weight excluding hydrogens is 388 g/mol. The number of aliphatic hydroxyl groups is 1. The molecule has 0 radical (unpaired) electrons.